The number of unbranched alkanes of at least 4 members (excludes halogenated alkanes) is 3. The molecule has 0 aromatic heterocycles. The van der Waals surface area contributed by atoms with Crippen LogP contribution in [0, 0.1) is 0 Å². The second-order valence-electron chi connectivity index (χ2n) is 2.89. The molecule has 0 bridgehead atoms. The van der Waals surface area contributed by atoms with Crippen LogP contribution in [-0.2, 0) is 9.22 Å². The summed E-state index contributed by atoms with van der Waals surface area (Å²) >= 11 is 0. The zero-order valence-electron chi connectivity index (χ0n) is 7.88. The maximum Gasteiger partial charge on any atom is 0.320 e. The van der Waals surface area contributed by atoms with Crippen molar-refractivity contribution in [1.29, 1.82) is 0 Å². The van der Waals surface area contributed by atoms with Gasteiger partial charge in [0, 0.05) is 0 Å². The summed E-state index contributed by atoms with van der Waals surface area (Å²) in [6.07, 6.45) is 3.98. The summed E-state index contributed by atoms with van der Waals surface area (Å²) in [4.78, 5) is 10.7. The average molecular weight is 190 g/mol. The molecule has 0 aliphatic carbocycles. The third-order valence-corrected chi connectivity index (χ3v) is 2.21. The van der Waals surface area contributed by atoms with E-state index in [9.17, 15) is 4.79 Å². The molecule has 0 heterocycles. The van der Waals surface area contributed by atoms with Crippen molar-refractivity contribution in [1.82, 2.24) is 0 Å². The molecule has 1 N–H and O–H groups in total. The van der Waals surface area contributed by atoms with Crippen LogP contribution in [0.4, 0.5) is 0 Å². The Labute approximate surface area is 76.7 Å². The summed E-state index contributed by atoms with van der Waals surface area (Å²) in [6, 6.07) is 0. The van der Waals surface area contributed by atoms with Crippen LogP contribution in [0.15, 0.2) is 0 Å². The maximum absolute atomic E-state index is 10.7. The lowest BCUT2D eigenvalue weighted by Crippen LogP contribution is -2.21. The van der Waals surface area contributed by atoms with E-state index >= 15 is 0 Å². The number of aliphatic hydroxyl groups is 1. The van der Waals surface area contributed by atoms with Crippen molar-refractivity contribution in [3.05, 3.63) is 0 Å². The quantitative estimate of drug-likeness (QED) is 0.479. The second-order valence-corrected chi connectivity index (χ2v) is 3.30. The highest BCUT2D eigenvalue weighted by molar-refractivity contribution is 6.06. The summed E-state index contributed by atoms with van der Waals surface area (Å²) in [5.41, 5.74) is 0. The highest BCUT2D eigenvalue weighted by atomic mass is 28.2. The second kappa shape index (κ2) is 7.30. The van der Waals surface area contributed by atoms with Crippen molar-refractivity contribution in [2.45, 2.75) is 45.1 Å². The van der Waals surface area contributed by atoms with Gasteiger partial charge in [-0.25, -0.2) is 0 Å². The molecule has 0 spiro atoms. The standard InChI is InChI=1S/C8H18O3Si/c1-2-3-4-5-6-7(9)8(10)11-12/h7,9H,2-6H2,1,12H3. The van der Waals surface area contributed by atoms with Crippen LogP contribution < -0.4 is 0 Å². The molecular weight excluding hydrogens is 172 g/mol. The molecule has 0 aromatic carbocycles. The summed E-state index contributed by atoms with van der Waals surface area (Å²) < 4.78 is 4.52. The third kappa shape index (κ3) is 5.32. The highest BCUT2D eigenvalue weighted by Crippen LogP contribution is 2.05. The summed E-state index contributed by atoms with van der Waals surface area (Å²) in [5.74, 6) is -0.460. The van der Waals surface area contributed by atoms with E-state index in [2.05, 4.69) is 11.3 Å². The highest BCUT2D eigenvalue weighted by Gasteiger charge is 2.12. The number of carbonyl (C=O) groups excluding carboxylic acids is 1. The third-order valence-electron chi connectivity index (χ3n) is 1.80. The lowest BCUT2D eigenvalue weighted by atomic mass is 10.1. The average Bonchev–Trinajstić information content (AvgIpc) is 2.10. The van der Waals surface area contributed by atoms with Crippen molar-refractivity contribution in [3.8, 4) is 0 Å². The molecule has 1 atom stereocenters. The molecule has 0 saturated heterocycles. The first-order valence-corrected chi connectivity index (χ1v) is 5.30. The molecule has 0 saturated carbocycles. The molecule has 12 heavy (non-hydrogen) atoms. The van der Waals surface area contributed by atoms with E-state index in [4.69, 9.17) is 5.11 Å². The Kier molecular flexibility index (Phi) is 7.09. The minimum Gasteiger partial charge on any atom is -0.527 e. The van der Waals surface area contributed by atoms with Gasteiger partial charge in [0.2, 0.25) is 10.5 Å². The van der Waals surface area contributed by atoms with E-state index in [1.807, 2.05) is 0 Å². The van der Waals surface area contributed by atoms with Crippen molar-refractivity contribution < 1.29 is 14.3 Å². The van der Waals surface area contributed by atoms with Crippen LogP contribution in [0.3, 0.4) is 0 Å². The van der Waals surface area contributed by atoms with Crippen molar-refractivity contribution >= 4 is 16.5 Å². The Hall–Kier alpha value is -0.353. The van der Waals surface area contributed by atoms with E-state index in [0.29, 0.717) is 16.9 Å². The molecule has 0 aliphatic heterocycles. The fraction of sp³-hybridized carbons (Fsp3) is 0.875. The van der Waals surface area contributed by atoms with Crippen molar-refractivity contribution in [2.24, 2.45) is 0 Å². The van der Waals surface area contributed by atoms with Gasteiger partial charge in [0.15, 0.2) is 0 Å². The van der Waals surface area contributed by atoms with Crippen LogP contribution >= 0.6 is 0 Å². The minimum atomic E-state index is -0.889. The van der Waals surface area contributed by atoms with Gasteiger partial charge in [0.05, 0.1) is 0 Å². The summed E-state index contributed by atoms with van der Waals surface area (Å²) in [5, 5.41) is 9.16. The number of hydrogen-bond donors (Lipinski definition) is 1. The fourth-order valence-corrected chi connectivity index (χ4v) is 1.29. The van der Waals surface area contributed by atoms with E-state index in [1.165, 1.54) is 12.8 Å². The molecule has 0 rings (SSSR count). The Balaban J connectivity index is 3.31. The van der Waals surface area contributed by atoms with Crippen LogP contribution in [0.25, 0.3) is 0 Å². The fourth-order valence-electron chi connectivity index (χ4n) is 1.02. The summed E-state index contributed by atoms with van der Waals surface area (Å²) in [6.45, 7) is 2.13. The Morgan fingerprint density at radius 3 is 2.67 bits per heavy atom. The van der Waals surface area contributed by atoms with E-state index in [1.54, 1.807) is 0 Å². The molecule has 4 heteroatoms. The largest absolute Gasteiger partial charge is 0.527 e. The van der Waals surface area contributed by atoms with Gasteiger partial charge in [-0.15, -0.1) is 0 Å². The monoisotopic (exact) mass is 190 g/mol. The Morgan fingerprint density at radius 1 is 1.50 bits per heavy atom. The number of rotatable bonds is 6. The van der Waals surface area contributed by atoms with Gasteiger partial charge in [-0.2, -0.15) is 0 Å². The molecule has 0 radical (unpaired) electrons. The normalized spacial score (nSPS) is 12.8. The number of aliphatic hydroxyl groups excluding tert-OH is 1. The number of carbonyl (C=O) groups is 1. The molecule has 1 unspecified atom stereocenters. The minimum absolute atomic E-state index is 0.371. The Bertz CT molecular complexity index is 127. The van der Waals surface area contributed by atoms with Crippen LogP contribution in [-0.4, -0.2) is 27.7 Å². The van der Waals surface area contributed by atoms with Gasteiger partial charge >= 0.3 is 5.97 Å². The van der Waals surface area contributed by atoms with Crippen molar-refractivity contribution in [2.75, 3.05) is 0 Å². The first-order chi connectivity index (χ1) is 5.72. The van der Waals surface area contributed by atoms with E-state index in [0.717, 1.165) is 12.8 Å². The van der Waals surface area contributed by atoms with Gasteiger partial charge in [-0.3, -0.25) is 4.79 Å². The van der Waals surface area contributed by atoms with Gasteiger partial charge < -0.3 is 9.53 Å². The topological polar surface area (TPSA) is 46.5 Å². The zero-order chi connectivity index (χ0) is 9.40. The smallest absolute Gasteiger partial charge is 0.320 e. The predicted octanol–water partition coefficient (Wildman–Crippen LogP) is 0.141. The first kappa shape index (κ1) is 11.6. The van der Waals surface area contributed by atoms with Crippen LogP contribution in [0.2, 0.25) is 0 Å². The van der Waals surface area contributed by atoms with Crippen LogP contribution in [0.1, 0.15) is 39.0 Å². The number of hydrogen-bond acceptors (Lipinski definition) is 3. The van der Waals surface area contributed by atoms with Gasteiger partial charge in [-0.05, 0) is 6.42 Å². The molecule has 0 aliphatic rings. The van der Waals surface area contributed by atoms with Crippen LogP contribution in [0.5, 0.6) is 0 Å². The SMILES string of the molecule is CCCCCCC(O)C(=O)O[SiH3]. The van der Waals surface area contributed by atoms with Gasteiger partial charge in [0.25, 0.3) is 0 Å². The Morgan fingerprint density at radius 2 is 2.17 bits per heavy atom. The molecule has 0 amide bonds. The van der Waals surface area contributed by atoms with Crippen molar-refractivity contribution in [3.63, 3.8) is 0 Å². The van der Waals surface area contributed by atoms with Gasteiger partial charge in [-0.1, -0.05) is 32.6 Å². The van der Waals surface area contributed by atoms with Gasteiger partial charge in [0.1, 0.15) is 6.10 Å². The van der Waals surface area contributed by atoms with E-state index in [-0.39, 0.29) is 0 Å². The summed E-state index contributed by atoms with van der Waals surface area (Å²) in [7, 11) is 0.371. The molecular formula is C8H18O3Si. The molecule has 72 valence electrons. The first-order valence-electron chi connectivity index (χ1n) is 4.48. The lowest BCUT2D eigenvalue weighted by Gasteiger charge is -2.07. The predicted molar refractivity (Wildman–Crippen MR) is 50.8 cm³/mol. The molecule has 0 aromatic rings. The molecule has 0 fully saturated rings. The lowest BCUT2D eigenvalue weighted by molar-refractivity contribution is -0.143. The van der Waals surface area contributed by atoms with E-state index < -0.39 is 12.1 Å². The zero-order valence-corrected chi connectivity index (χ0v) is 9.88. The molecule has 3 nitrogen and oxygen atoms in total. The maximum atomic E-state index is 10.7.